The number of amides is 2. The molecule has 1 atom stereocenters. The summed E-state index contributed by atoms with van der Waals surface area (Å²) in [6.45, 7) is 5.40. The number of hydrazine groups is 1. The van der Waals surface area contributed by atoms with Crippen molar-refractivity contribution >= 4 is 29.5 Å². The summed E-state index contributed by atoms with van der Waals surface area (Å²) in [7, 11) is 0. The smallest absolute Gasteiger partial charge is 0.317 e. The summed E-state index contributed by atoms with van der Waals surface area (Å²) >= 11 is 1.36. The lowest BCUT2D eigenvalue weighted by Gasteiger charge is -2.14. The molecule has 27 heavy (non-hydrogen) atoms. The van der Waals surface area contributed by atoms with Crippen LogP contribution in [0.4, 0.5) is 0 Å². The summed E-state index contributed by atoms with van der Waals surface area (Å²) in [6.07, 6.45) is -1.02. The molecule has 0 spiro atoms. The lowest BCUT2D eigenvalue weighted by molar-refractivity contribution is -0.152. The summed E-state index contributed by atoms with van der Waals surface area (Å²) in [5.74, 6) is -1.46. The fourth-order valence-electron chi connectivity index (χ4n) is 2.17. The molecule has 0 aliphatic heterocycles. The van der Waals surface area contributed by atoms with Crippen molar-refractivity contribution in [3.05, 3.63) is 65.2 Å². The van der Waals surface area contributed by atoms with Crippen molar-refractivity contribution in [2.75, 3.05) is 5.75 Å². The second-order valence-electron chi connectivity index (χ2n) is 6.00. The number of nitrogens with one attached hydrogen (secondary N) is 2. The summed E-state index contributed by atoms with van der Waals surface area (Å²) < 4.78 is 5.12. The fourth-order valence-corrected chi connectivity index (χ4v) is 3.07. The van der Waals surface area contributed by atoms with Crippen molar-refractivity contribution in [2.45, 2.75) is 31.8 Å². The summed E-state index contributed by atoms with van der Waals surface area (Å²) in [5, 5.41) is 0. The third-order valence-electron chi connectivity index (χ3n) is 3.70. The predicted octanol–water partition coefficient (Wildman–Crippen LogP) is 2.79. The zero-order chi connectivity index (χ0) is 19.8. The average Bonchev–Trinajstić information content (AvgIpc) is 2.67. The molecule has 142 valence electrons. The van der Waals surface area contributed by atoms with E-state index in [0.717, 1.165) is 16.0 Å². The van der Waals surface area contributed by atoms with Gasteiger partial charge in [-0.05, 0) is 44.5 Å². The van der Waals surface area contributed by atoms with Gasteiger partial charge in [-0.1, -0.05) is 35.9 Å². The molecule has 0 unspecified atom stereocenters. The highest BCUT2D eigenvalue weighted by molar-refractivity contribution is 8.00. The Morgan fingerprint density at radius 2 is 1.74 bits per heavy atom. The van der Waals surface area contributed by atoms with Crippen LogP contribution >= 0.6 is 11.8 Å². The van der Waals surface area contributed by atoms with Gasteiger partial charge in [-0.2, -0.15) is 0 Å². The highest BCUT2D eigenvalue weighted by atomic mass is 32.2. The normalized spacial score (nSPS) is 11.4. The van der Waals surface area contributed by atoms with E-state index in [2.05, 4.69) is 10.9 Å². The molecule has 0 saturated carbocycles. The third kappa shape index (κ3) is 6.45. The number of ether oxygens (including phenoxy) is 1. The molecule has 0 saturated heterocycles. The Balaban J connectivity index is 1.77. The standard InChI is InChI=1S/C20H22N2O4S/c1-13-9-10-14(2)17(11-13)27-12-18(23)26-15(3)19(24)21-22-20(25)16-7-5-4-6-8-16/h4-11,15H,12H2,1-3H3,(H,21,24)(H,22,25)/t15-/m0/s1. The first-order chi connectivity index (χ1) is 12.9. The molecule has 0 fully saturated rings. The van der Waals surface area contributed by atoms with Crippen LogP contribution in [0.15, 0.2) is 53.4 Å². The number of carbonyl (C=O) groups excluding carboxylic acids is 3. The van der Waals surface area contributed by atoms with Crippen LogP contribution in [0.1, 0.15) is 28.4 Å². The van der Waals surface area contributed by atoms with E-state index in [1.54, 1.807) is 30.3 Å². The topological polar surface area (TPSA) is 84.5 Å². The van der Waals surface area contributed by atoms with E-state index in [1.165, 1.54) is 18.7 Å². The number of aryl methyl sites for hydroxylation is 2. The van der Waals surface area contributed by atoms with Crippen LogP contribution in [0.2, 0.25) is 0 Å². The number of hydrogen-bond donors (Lipinski definition) is 2. The highest BCUT2D eigenvalue weighted by Crippen LogP contribution is 2.23. The Kier molecular flexibility index (Phi) is 7.43. The Hall–Kier alpha value is -2.80. The maximum Gasteiger partial charge on any atom is 0.317 e. The van der Waals surface area contributed by atoms with Gasteiger partial charge in [0, 0.05) is 10.5 Å². The lowest BCUT2D eigenvalue weighted by Crippen LogP contribution is -2.46. The van der Waals surface area contributed by atoms with Crippen molar-refractivity contribution in [1.29, 1.82) is 0 Å². The van der Waals surface area contributed by atoms with E-state index < -0.39 is 23.9 Å². The number of hydrogen-bond acceptors (Lipinski definition) is 5. The van der Waals surface area contributed by atoms with Crippen LogP contribution in [0, 0.1) is 13.8 Å². The molecule has 0 heterocycles. The van der Waals surface area contributed by atoms with Gasteiger partial charge >= 0.3 is 5.97 Å². The summed E-state index contributed by atoms with van der Waals surface area (Å²) in [5.41, 5.74) is 7.14. The van der Waals surface area contributed by atoms with Gasteiger partial charge in [0.2, 0.25) is 0 Å². The molecule has 2 aromatic rings. The Morgan fingerprint density at radius 3 is 2.44 bits per heavy atom. The summed E-state index contributed by atoms with van der Waals surface area (Å²) in [6, 6.07) is 14.5. The molecule has 2 N–H and O–H groups in total. The first-order valence-electron chi connectivity index (χ1n) is 8.41. The maximum absolute atomic E-state index is 12.0. The number of benzene rings is 2. The van der Waals surface area contributed by atoms with Gasteiger partial charge in [-0.15, -0.1) is 11.8 Å². The van der Waals surface area contributed by atoms with E-state index in [4.69, 9.17) is 4.74 Å². The highest BCUT2D eigenvalue weighted by Gasteiger charge is 2.19. The molecule has 6 nitrogen and oxygen atoms in total. The Morgan fingerprint density at radius 1 is 1.04 bits per heavy atom. The van der Waals surface area contributed by atoms with Crippen LogP contribution in [0.5, 0.6) is 0 Å². The van der Waals surface area contributed by atoms with Gasteiger partial charge in [-0.3, -0.25) is 25.2 Å². The molecule has 7 heteroatoms. The third-order valence-corrected chi connectivity index (χ3v) is 4.83. The van der Waals surface area contributed by atoms with E-state index in [-0.39, 0.29) is 5.75 Å². The molecule has 2 amide bonds. The van der Waals surface area contributed by atoms with Crippen molar-refractivity contribution < 1.29 is 19.1 Å². The lowest BCUT2D eigenvalue weighted by atomic mass is 10.2. The SMILES string of the molecule is Cc1ccc(C)c(SCC(=O)O[C@@H](C)C(=O)NNC(=O)c2ccccc2)c1. The number of carbonyl (C=O) groups is 3. The van der Waals surface area contributed by atoms with E-state index >= 15 is 0 Å². The van der Waals surface area contributed by atoms with Gasteiger partial charge in [0.15, 0.2) is 6.10 Å². The van der Waals surface area contributed by atoms with Gasteiger partial charge in [0.1, 0.15) is 0 Å². The van der Waals surface area contributed by atoms with Gasteiger partial charge in [-0.25, -0.2) is 0 Å². The molecular formula is C20H22N2O4S. The van der Waals surface area contributed by atoms with Crippen molar-refractivity contribution in [3.63, 3.8) is 0 Å². The average molecular weight is 386 g/mol. The first kappa shape index (κ1) is 20.5. The first-order valence-corrected chi connectivity index (χ1v) is 9.40. The second-order valence-corrected chi connectivity index (χ2v) is 7.02. The van der Waals surface area contributed by atoms with Crippen LogP contribution in [-0.2, 0) is 14.3 Å². The van der Waals surface area contributed by atoms with Crippen LogP contribution < -0.4 is 10.9 Å². The minimum absolute atomic E-state index is 0.0955. The minimum Gasteiger partial charge on any atom is -0.452 e. The van der Waals surface area contributed by atoms with Crippen molar-refractivity contribution in [2.24, 2.45) is 0 Å². The van der Waals surface area contributed by atoms with Crippen LogP contribution in [0.3, 0.4) is 0 Å². The number of thioether (sulfide) groups is 1. The monoisotopic (exact) mass is 386 g/mol. The zero-order valence-electron chi connectivity index (χ0n) is 15.4. The van der Waals surface area contributed by atoms with Gasteiger partial charge in [0.05, 0.1) is 5.75 Å². The molecule has 0 aliphatic rings. The van der Waals surface area contributed by atoms with Crippen molar-refractivity contribution in [3.8, 4) is 0 Å². The molecular weight excluding hydrogens is 364 g/mol. The second kappa shape index (κ2) is 9.78. The molecule has 2 rings (SSSR count). The van der Waals surface area contributed by atoms with Crippen LogP contribution in [-0.4, -0.2) is 29.6 Å². The predicted molar refractivity (Wildman–Crippen MR) is 104 cm³/mol. The van der Waals surface area contributed by atoms with Crippen molar-refractivity contribution in [1.82, 2.24) is 10.9 Å². The molecule has 0 aromatic heterocycles. The molecule has 0 bridgehead atoms. The number of rotatable bonds is 6. The Labute approximate surface area is 162 Å². The van der Waals surface area contributed by atoms with E-state index in [0.29, 0.717) is 5.56 Å². The fraction of sp³-hybridized carbons (Fsp3) is 0.250. The number of esters is 1. The van der Waals surface area contributed by atoms with E-state index in [9.17, 15) is 14.4 Å². The largest absolute Gasteiger partial charge is 0.452 e. The van der Waals surface area contributed by atoms with Crippen LogP contribution in [0.25, 0.3) is 0 Å². The minimum atomic E-state index is -1.02. The quantitative estimate of drug-likeness (QED) is 0.453. The maximum atomic E-state index is 12.0. The summed E-state index contributed by atoms with van der Waals surface area (Å²) in [4.78, 5) is 36.8. The molecule has 0 radical (unpaired) electrons. The molecule has 2 aromatic carbocycles. The zero-order valence-corrected chi connectivity index (χ0v) is 16.3. The van der Waals surface area contributed by atoms with Gasteiger partial charge < -0.3 is 4.74 Å². The van der Waals surface area contributed by atoms with E-state index in [1.807, 2.05) is 32.0 Å². The molecule has 0 aliphatic carbocycles. The Bertz CT molecular complexity index is 824. The van der Waals surface area contributed by atoms with Gasteiger partial charge in [0.25, 0.3) is 11.8 Å².